The molecule has 2 aromatic rings. The Labute approximate surface area is 100 Å². The van der Waals surface area contributed by atoms with Crippen LogP contribution in [0.1, 0.15) is 6.92 Å². The number of para-hydroxylation sites is 1. The molecule has 0 amide bonds. The molecule has 0 fully saturated rings. The van der Waals surface area contributed by atoms with E-state index >= 15 is 0 Å². The topological polar surface area (TPSA) is 75.9 Å². The minimum absolute atomic E-state index is 0.252. The standard InChI is InChI=1S/C12H15N5/c1-2-14-10-8-11(17-12(13)16-10)15-9-6-4-3-5-7-9/h3-8H,2H2,1H3,(H4,13,14,15,16,17). The lowest BCUT2D eigenvalue weighted by Gasteiger charge is -2.08. The van der Waals surface area contributed by atoms with E-state index in [0.29, 0.717) is 5.82 Å². The van der Waals surface area contributed by atoms with E-state index in [1.54, 1.807) is 0 Å². The molecule has 2 rings (SSSR count). The fourth-order valence-electron chi connectivity index (χ4n) is 1.47. The Morgan fingerprint density at radius 1 is 1.12 bits per heavy atom. The summed E-state index contributed by atoms with van der Waals surface area (Å²) in [6.45, 7) is 2.80. The van der Waals surface area contributed by atoms with Crippen molar-refractivity contribution in [1.29, 1.82) is 0 Å². The first-order chi connectivity index (χ1) is 8.28. The molecule has 4 N–H and O–H groups in total. The minimum atomic E-state index is 0.252. The summed E-state index contributed by atoms with van der Waals surface area (Å²) in [5, 5.41) is 6.28. The average molecular weight is 229 g/mol. The van der Waals surface area contributed by atoms with Crippen molar-refractivity contribution in [3.05, 3.63) is 36.4 Å². The Morgan fingerprint density at radius 2 is 1.82 bits per heavy atom. The van der Waals surface area contributed by atoms with E-state index in [2.05, 4.69) is 20.6 Å². The monoisotopic (exact) mass is 229 g/mol. The van der Waals surface area contributed by atoms with Crippen LogP contribution in [0.3, 0.4) is 0 Å². The van der Waals surface area contributed by atoms with Crippen LogP contribution in [-0.4, -0.2) is 16.5 Å². The molecule has 0 radical (unpaired) electrons. The number of hydrogen-bond donors (Lipinski definition) is 3. The second kappa shape index (κ2) is 5.16. The fourth-order valence-corrected chi connectivity index (χ4v) is 1.47. The van der Waals surface area contributed by atoms with Gasteiger partial charge in [0.1, 0.15) is 11.6 Å². The summed E-state index contributed by atoms with van der Waals surface area (Å²) in [5.74, 6) is 1.65. The van der Waals surface area contributed by atoms with Gasteiger partial charge in [0.15, 0.2) is 0 Å². The van der Waals surface area contributed by atoms with Gasteiger partial charge in [0.2, 0.25) is 5.95 Å². The van der Waals surface area contributed by atoms with Crippen molar-refractivity contribution in [2.75, 3.05) is 22.9 Å². The lowest BCUT2D eigenvalue weighted by atomic mass is 10.3. The lowest BCUT2D eigenvalue weighted by Crippen LogP contribution is -2.05. The lowest BCUT2D eigenvalue weighted by molar-refractivity contribution is 1.12. The highest BCUT2D eigenvalue weighted by Crippen LogP contribution is 2.17. The Bertz CT molecular complexity index is 484. The zero-order valence-corrected chi connectivity index (χ0v) is 9.64. The maximum Gasteiger partial charge on any atom is 0.223 e. The van der Waals surface area contributed by atoms with Gasteiger partial charge in [-0.25, -0.2) is 0 Å². The van der Waals surface area contributed by atoms with Crippen LogP contribution in [0.2, 0.25) is 0 Å². The summed E-state index contributed by atoms with van der Waals surface area (Å²) in [6.07, 6.45) is 0. The molecule has 0 saturated heterocycles. The number of nitrogens with one attached hydrogen (secondary N) is 2. The van der Waals surface area contributed by atoms with Crippen LogP contribution in [0.25, 0.3) is 0 Å². The molecule has 0 aliphatic carbocycles. The smallest absolute Gasteiger partial charge is 0.223 e. The Morgan fingerprint density at radius 3 is 2.53 bits per heavy atom. The summed E-state index contributed by atoms with van der Waals surface area (Å²) in [7, 11) is 0. The van der Waals surface area contributed by atoms with E-state index in [9.17, 15) is 0 Å². The van der Waals surface area contributed by atoms with Crippen molar-refractivity contribution in [1.82, 2.24) is 9.97 Å². The quantitative estimate of drug-likeness (QED) is 0.749. The van der Waals surface area contributed by atoms with E-state index in [1.807, 2.05) is 43.3 Å². The highest BCUT2D eigenvalue weighted by Gasteiger charge is 2.01. The van der Waals surface area contributed by atoms with Gasteiger partial charge in [-0.1, -0.05) is 18.2 Å². The molecular formula is C12H15N5. The van der Waals surface area contributed by atoms with Gasteiger partial charge in [0.25, 0.3) is 0 Å². The number of rotatable bonds is 4. The third-order valence-electron chi connectivity index (χ3n) is 2.15. The Balaban J connectivity index is 2.21. The first-order valence-electron chi connectivity index (χ1n) is 5.48. The van der Waals surface area contributed by atoms with Gasteiger partial charge >= 0.3 is 0 Å². The number of aromatic nitrogens is 2. The van der Waals surface area contributed by atoms with E-state index in [0.717, 1.165) is 18.1 Å². The number of nitrogens with zero attached hydrogens (tertiary/aromatic N) is 2. The third kappa shape index (κ3) is 3.07. The molecule has 0 atom stereocenters. The Kier molecular flexibility index (Phi) is 3.40. The van der Waals surface area contributed by atoms with Gasteiger partial charge in [-0.15, -0.1) is 0 Å². The van der Waals surface area contributed by atoms with Crippen LogP contribution >= 0.6 is 0 Å². The molecule has 1 aromatic heterocycles. The summed E-state index contributed by atoms with van der Waals surface area (Å²) in [6, 6.07) is 11.6. The number of hydrogen-bond acceptors (Lipinski definition) is 5. The molecule has 5 heteroatoms. The van der Waals surface area contributed by atoms with E-state index in [-0.39, 0.29) is 5.95 Å². The number of nitrogen functional groups attached to an aromatic ring is 1. The van der Waals surface area contributed by atoms with Crippen LogP contribution in [-0.2, 0) is 0 Å². The molecule has 0 aliphatic heterocycles. The van der Waals surface area contributed by atoms with Gasteiger partial charge in [-0.05, 0) is 19.1 Å². The maximum absolute atomic E-state index is 5.64. The molecule has 88 valence electrons. The highest BCUT2D eigenvalue weighted by molar-refractivity contribution is 5.60. The summed E-state index contributed by atoms with van der Waals surface area (Å²) >= 11 is 0. The molecule has 0 aliphatic rings. The first-order valence-corrected chi connectivity index (χ1v) is 5.48. The van der Waals surface area contributed by atoms with Crippen molar-refractivity contribution in [2.24, 2.45) is 0 Å². The average Bonchev–Trinajstić information content (AvgIpc) is 2.30. The molecule has 1 heterocycles. The second-order valence-corrected chi connectivity index (χ2v) is 3.52. The normalized spacial score (nSPS) is 9.94. The van der Waals surface area contributed by atoms with Crippen LogP contribution in [0.15, 0.2) is 36.4 Å². The van der Waals surface area contributed by atoms with Crippen LogP contribution in [0.5, 0.6) is 0 Å². The van der Waals surface area contributed by atoms with E-state index < -0.39 is 0 Å². The number of anilines is 4. The van der Waals surface area contributed by atoms with Gasteiger partial charge in [0.05, 0.1) is 0 Å². The van der Waals surface area contributed by atoms with Crippen LogP contribution in [0.4, 0.5) is 23.3 Å². The summed E-state index contributed by atoms with van der Waals surface area (Å²) in [5.41, 5.74) is 6.61. The van der Waals surface area contributed by atoms with E-state index in [1.165, 1.54) is 0 Å². The molecule has 5 nitrogen and oxygen atoms in total. The van der Waals surface area contributed by atoms with Crippen molar-refractivity contribution < 1.29 is 0 Å². The molecule has 0 spiro atoms. The predicted molar refractivity (Wildman–Crippen MR) is 70.3 cm³/mol. The highest BCUT2D eigenvalue weighted by atomic mass is 15.1. The summed E-state index contributed by atoms with van der Waals surface area (Å²) in [4.78, 5) is 8.21. The molecule has 1 aromatic carbocycles. The van der Waals surface area contributed by atoms with Crippen LogP contribution in [0, 0.1) is 0 Å². The van der Waals surface area contributed by atoms with Crippen molar-refractivity contribution in [2.45, 2.75) is 6.92 Å². The fraction of sp³-hybridized carbons (Fsp3) is 0.167. The van der Waals surface area contributed by atoms with Crippen LogP contribution < -0.4 is 16.4 Å². The number of benzene rings is 1. The largest absolute Gasteiger partial charge is 0.370 e. The Hall–Kier alpha value is -2.30. The SMILES string of the molecule is CCNc1cc(Nc2ccccc2)nc(N)n1. The predicted octanol–water partition coefficient (Wildman–Crippen LogP) is 2.23. The molecular weight excluding hydrogens is 214 g/mol. The van der Waals surface area contributed by atoms with Gasteiger partial charge in [-0.2, -0.15) is 9.97 Å². The van der Waals surface area contributed by atoms with Crippen molar-refractivity contribution in [3.63, 3.8) is 0 Å². The molecule has 0 saturated carbocycles. The second-order valence-electron chi connectivity index (χ2n) is 3.52. The molecule has 17 heavy (non-hydrogen) atoms. The third-order valence-corrected chi connectivity index (χ3v) is 2.15. The van der Waals surface area contributed by atoms with Gasteiger partial charge < -0.3 is 16.4 Å². The van der Waals surface area contributed by atoms with Gasteiger partial charge in [-0.3, -0.25) is 0 Å². The summed E-state index contributed by atoms with van der Waals surface area (Å²) < 4.78 is 0. The van der Waals surface area contributed by atoms with Gasteiger partial charge in [0, 0.05) is 18.3 Å². The van der Waals surface area contributed by atoms with Crippen molar-refractivity contribution >= 4 is 23.3 Å². The van der Waals surface area contributed by atoms with Crippen molar-refractivity contribution in [3.8, 4) is 0 Å². The molecule has 0 bridgehead atoms. The number of nitrogens with two attached hydrogens (primary N) is 1. The zero-order valence-electron chi connectivity index (χ0n) is 9.64. The van der Waals surface area contributed by atoms with E-state index in [4.69, 9.17) is 5.73 Å². The first kappa shape index (κ1) is 11.2. The zero-order chi connectivity index (χ0) is 12.1. The minimum Gasteiger partial charge on any atom is -0.370 e. The molecule has 0 unspecified atom stereocenters. The maximum atomic E-state index is 5.64.